The van der Waals surface area contributed by atoms with Crippen molar-refractivity contribution in [3.05, 3.63) is 100 Å². The third-order valence-corrected chi connectivity index (χ3v) is 7.21. The number of aliphatic carboxylic acids is 2. The summed E-state index contributed by atoms with van der Waals surface area (Å²) in [5, 5.41) is 34.5. The molecule has 0 bridgehead atoms. The molecule has 0 fully saturated rings. The van der Waals surface area contributed by atoms with Crippen LogP contribution in [-0.2, 0) is 29.0 Å². The first-order valence-corrected chi connectivity index (χ1v) is 12.7. The molecule has 37 heavy (non-hydrogen) atoms. The van der Waals surface area contributed by atoms with E-state index in [1.54, 1.807) is 12.1 Å². The summed E-state index contributed by atoms with van der Waals surface area (Å²) in [4.78, 5) is 26.2. The van der Waals surface area contributed by atoms with Gasteiger partial charge in [-0.05, 0) is 66.6 Å². The van der Waals surface area contributed by atoms with Gasteiger partial charge < -0.3 is 25.5 Å². The maximum absolute atomic E-state index is 12.3. The van der Waals surface area contributed by atoms with Crippen LogP contribution in [0.4, 0.5) is 5.69 Å². The fourth-order valence-electron chi connectivity index (χ4n) is 4.98. The zero-order chi connectivity index (χ0) is 26.6. The maximum atomic E-state index is 12.3. The second-order valence-corrected chi connectivity index (χ2v) is 10.0. The van der Waals surface area contributed by atoms with Crippen molar-refractivity contribution in [2.24, 2.45) is 0 Å². The fraction of sp³-hybridized carbons (Fsp3) is 0.310. The van der Waals surface area contributed by atoms with Crippen molar-refractivity contribution in [3.63, 3.8) is 0 Å². The molecule has 8 heteroatoms. The third-order valence-electron chi connectivity index (χ3n) is 6.98. The summed E-state index contributed by atoms with van der Waals surface area (Å²) < 4.78 is 0. The molecule has 0 saturated heterocycles. The lowest BCUT2D eigenvalue weighted by atomic mass is 9.82. The number of nitrogens with zero attached hydrogens (tertiary/aromatic N) is 1. The number of aryl methyl sites for hydroxylation is 1. The molecule has 1 aliphatic heterocycles. The highest BCUT2D eigenvalue weighted by molar-refractivity contribution is 6.30. The van der Waals surface area contributed by atoms with Crippen molar-refractivity contribution in [1.82, 2.24) is 5.32 Å². The lowest BCUT2D eigenvalue weighted by molar-refractivity contribution is -0.157. The Morgan fingerprint density at radius 2 is 1.73 bits per heavy atom. The van der Waals surface area contributed by atoms with E-state index >= 15 is 0 Å². The number of benzene rings is 3. The van der Waals surface area contributed by atoms with Gasteiger partial charge in [-0.3, -0.25) is 0 Å². The van der Waals surface area contributed by atoms with Crippen molar-refractivity contribution >= 4 is 29.2 Å². The number of fused-ring (bicyclic) bond motifs is 1. The highest BCUT2D eigenvalue weighted by atomic mass is 35.5. The Morgan fingerprint density at radius 1 is 1.00 bits per heavy atom. The number of nitrogens with one attached hydrogen (secondary N) is 1. The van der Waals surface area contributed by atoms with Crippen LogP contribution in [0.2, 0.25) is 5.02 Å². The predicted molar refractivity (Wildman–Crippen MR) is 143 cm³/mol. The number of hydrogen-bond acceptors (Lipinski definition) is 5. The number of rotatable bonds is 10. The summed E-state index contributed by atoms with van der Waals surface area (Å²) in [6, 6.07) is 22.3. The van der Waals surface area contributed by atoms with Crippen LogP contribution in [-0.4, -0.2) is 45.4 Å². The van der Waals surface area contributed by atoms with Crippen molar-refractivity contribution in [1.29, 1.82) is 0 Å². The second-order valence-electron chi connectivity index (χ2n) is 9.59. The molecule has 0 radical (unpaired) electrons. The standard InChI is InChI=1S/C29H31ClN2O5/c1-19(31-17-26(33)23-8-5-9-24(30)16-23)14-21-10-11-25-22(15-21)12-13-29(27(34)35,28(36)37)32(25)18-20-6-3-2-4-7-20/h2-11,15-16,19,26,31,33H,12-14,17-18H2,1H3,(H,34,35)(H,36,37). The first kappa shape index (κ1) is 26.7. The van der Waals surface area contributed by atoms with E-state index < -0.39 is 23.6 Å². The zero-order valence-electron chi connectivity index (χ0n) is 20.6. The number of carbonyl (C=O) groups is 2. The molecule has 1 aliphatic rings. The minimum atomic E-state index is -2.03. The maximum Gasteiger partial charge on any atom is 0.341 e. The van der Waals surface area contributed by atoms with Crippen LogP contribution in [0.25, 0.3) is 0 Å². The number of carboxylic acids is 2. The summed E-state index contributed by atoms with van der Waals surface area (Å²) in [5.41, 5.74) is 2.16. The Kier molecular flexibility index (Phi) is 8.17. The van der Waals surface area contributed by atoms with Crippen molar-refractivity contribution in [3.8, 4) is 0 Å². The molecule has 0 aliphatic carbocycles. The van der Waals surface area contributed by atoms with E-state index in [-0.39, 0.29) is 19.0 Å². The Morgan fingerprint density at radius 3 is 2.41 bits per heavy atom. The first-order chi connectivity index (χ1) is 17.7. The van der Waals surface area contributed by atoms with Gasteiger partial charge in [-0.2, -0.15) is 0 Å². The lowest BCUT2D eigenvalue weighted by Gasteiger charge is -2.43. The Hall–Kier alpha value is -3.39. The van der Waals surface area contributed by atoms with Gasteiger partial charge in [-0.15, -0.1) is 0 Å². The molecule has 0 aromatic heterocycles. The summed E-state index contributed by atoms with van der Waals surface area (Å²) in [6.07, 6.45) is 0.330. The van der Waals surface area contributed by atoms with E-state index in [9.17, 15) is 24.9 Å². The average molecular weight is 523 g/mol. The topological polar surface area (TPSA) is 110 Å². The molecule has 194 valence electrons. The van der Waals surface area contributed by atoms with Crippen LogP contribution < -0.4 is 10.2 Å². The van der Waals surface area contributed by atoms with Gasteiger partial charge in [0.25, 0.3) is 0 Å². The molecule has 0 amide bonds. The first-order valence-electron chi connectivity index (χ1n) is 12.3. The van der Waals surface area contributed by atoms with Crippen LogP contribution in [0.15, 0.2) is 72.8 Å². The quantitative estimate of drug-likeness (QED) is 0.291. The van der Waals surface area contributed by atoms with Gasteiger partial charge in [0.1, 0.15) is 0 Å². The highest BCUT2D eigenvalue weighted by Gasteiger charge is 2.54. The van der Waals surface area contributed by atoms with Crippen LogP contribution in [0.5, 0.6) is 0 Å². The number of anilines is 1. The summed E-state index contributed by atoms with van der Waals surface area (Å²) in [7, 11) is 0. The van der Waals surface area contributed by atoms with E-state index in [1.807, 2.05) is 67.6 Å². The predicted octanol–water partition coefficient (Wildman–Crippen LogP) is 4.46. The summed E-state index contributed by atoms with van der Waals surface area (Å²) in [5.74, 6) is -2.72. The normalized spacial score (nSPS) is 16.0. The van der Waals surface area contributed by atoms with E-state index in [4.69, 9.17) is 11.6 Å². The monoisotopic (exact) mass is 522 g/mol. The summed E-state index contributed by atoms with van der Waals surface area (Å²) >= 11 is 6.02. The number of halogens is 1. The molecular formula is C29H31ClN2O5. The molecule has 2 unspecified atom stereocenters. The number of aliphatic hydroxyl groups excluding tert-OH is 1. The number of carboxylic acid groups (broad SMARTS) is 2. The Labute approximate surface area is 221 Å². The zero-order valence-corrected chi connectivity index (χ0v) is 21.4. The van der Waals surface area contributed by atoms with Crippen molar-refractivity contribution in [2.45, 2.75) is 50.4 Å². The molecule has 4 rings (SSSR count). The average Bonchev–Trinajstić information content (AvgIpc) is 2.87. The van der Waals surface area contributed by atoms with Crippen molar-refractivity contribution in [2.75, 3.05) is 11.4 Å². The van der Waals surface area contributed by atoms with Gasteiger partial charge in [0.05, 0.1) is 6.10 Å². The lowest BCUT2D eigenvalue weighted by Crippen LogP contribution is -2.62. The molecule has 0 spiro atoms. The van der Waals surface area contributed by atoms with E-state index in [0.717, 1.165) is 22.3 Å². The number of hydrogen-bond donors (Lipinski definition) is 4. The van der Waals surface area contributed by atoms with E-state index in [0.29, 0.717) is 30.1 Å². The molecule has 3 aromatic carbocycles. The molecule has 0 saturated carbocycles. The molecular weight excluding hydrogens is 492 g/mol. The molecule has 7 nitrogen and oxygen atoms in total. The van der Waals surface area contributed by atoms with E-state index in [2.05, 4.69) is 5.32 Å². The Balaban J connectivity index is 1.52. The Bertz CT molecular complexity index is 1250. The highest BCUT2D eigenvalue weighted by Crippen LogP contribution is 2.39. The van der Waals surface area contributed by atoms with Crippen LogP contribution in [0.1, 0.15) is 41.7 Å². The fourth-order valence-corrected chi connectivity index (χ4v) is 5.18. The SMILES string of the molecule is CC(Cc1ccc2c(c1)CCC(C(=O)O)(C(=O)O)N2Cc1ccccc1)NCC(O)c1cccc(Cl)c1. The van der Waals surface area contributed by atoms with Gasteiger partial charge in [0, 0.05) is 29.8 Å². The van der Waals surface area contributed by atoms with Gasteiger partial charge in [0.15, 0.2) is 0 Å². The van der Waals surface area contributed by atoms with Gasteiger partial charge in [0.2, 0.25) is 5.54 Å². The largest absolute Gasteiger partial charge is 0.479 e. The minimum absolute atomic E-state index is 0.0272. The molecule has 1 heterocycles. The van der Waals surface area contributed by atoms with Crippen molar-refractivity contribution < 1.29 is 24.9 Å². The summed E-state index contributed by atoms with van der Waals surface area (Å²) in [6.45, 7) is 2.58. The minimum Gasteiger partial charge on any atom is -0.479 e. The van der Waals surface area contributed by atoms with Crippen LogP contribution >= 0.6 is 11.6 Å². The van der Waals surface area contributed by atoms with Gasteiger partial charge in [-0.1, -0.05) is 66.2 Å². The molecule has 4 N–H and O–H groups in total. The third kappa shape index (κ3) is 5.80. The van der Waals surface area contributed by atoms with Gasteiger partial charge >= 0.3 is 11.9 Å². The van der Waals surface area contributed by atoms with Crippen LogP contribution in [0.3, 0.4) is 0 Å². The van der Waals surface area contributed by atoms with Crippen LogP contribution in [0, 0.1) is 0 Å². The number of aliphatic hydroxyl groups is 1. The van der Waals surface area contributed by atoms with Gasteiger partial charge in [-0.25, -0.2) is 9.59 Å². The molecule has 3 aromatic rings. The second kappa shape index (κ2) is 11.3. The molecule has 2 atom stereocenters. The van der Waals surface area contributed by atoms with E-state index in [1.165, 1.54) is 4.90 Å². The smallest absolute Gasteiger partial charge is 0.341 e.